The van der Waals surface area contributed by atoms with Gasteiger partial charge in [0.2, 0.25) is 0 Å². The standard InChI is InChI=1S/C25H28N4O3/c1-18(2)31-21-10-8-19(9-11-21)23-17-29(15-14-28(23)3)24(30)20-6-4-7-22(16-20)32-25-26-12-5-13-27-25/h4-13,16,18,23H,14-15,17H2,1-3H3/t23-/m0/s1. The first-order valence-electron chi connectivity index (χ1n) is 10.8. The minimum absolute atomic E-state index is 0.0118. The monoisotopic (exact) mass is 432 g/mol. The number of hydrogen-bond donors (Lipinski definition) is 0. The quantitative estimate of drug-likeness (QED) is 0.582. The summed E-state index contributed by atoms with van der Waals surface area (Å²) in [6.07, 6.45) is 3.37. The molecule has 1 aliphatic heterocycles. The van der Waals surface area contributed by atoms with Gasteiger partial charge in [-0.15, -0.1) is 0 Å². The summed E-state index contributed by atoms with van der Waals surface area (Å²) < 4.78 is 11.4. The van der Waals surface area contributed by atoms with Crippen LogP contribution in [0.15, 0.2) is 67.0 Å². The Labute approximate surface area is 188 Å². The Morgan fingerprint density at radius 2 is 1.75 bits per heavy atom. The van der Waals surface area contributed by atoms with Crippen LogP contribution in [0.2, 0.25) is 0 Å². The maximum Gasteiger partial charge on any atom is 0.321 e. The van der Waals surface area contributed by atoms with Crippen molar-refractivity contribution in [3.05, 3.63) is 78.1 Å². The van der Waals surface area contributed by atoms with Crippen LogP contribution in [-0.4, -0.2) is 58.5 Å². The number of carbonyl (C=O) groups is 1. The van der Waals surface area contributed by atoms with Crippen molar-refractivity contribution in [1.82, 2.24) is 19.8 Å². The van der Waals surface area contributed by atoms with Gasteiger partial charge in [0.1, 0.15) is 11.5 Å². The highest BCUT2D eigenvalue weighted by Gasteiger charge is 2.29. The fraction of sp³-hybridized carbons (Fsp3) is 0.320. The second-order valence-corrected chi connectivity index (χ2v) is 8.14. The molecule has 32 heavy (non-hydrogen) atoms. The maximum absolute atomic E-state index is 13.3. The molecule has 0 bridgehead atoms. The van der Waals surface area contributed by atoms with Crippen LogP contribution in [0.25, 0.3) is 0 Å². The molecule has 1 atom stereocenters. The second-order valence-electron chi connectivity index (χ2n) is 8.14. The van der Waals surface area contributed by atoms with Crippen LogP contribution in [0.1, 0.15) is 35.8 Å². The third-order valence-corrected chi connectivity index (χ3v) is 5.40. The average molecular weight is 433 g/mol. The van der Waals surface area contributed by atoms with E-state index in [9.17, 15) is 4.79 Å². The molecule has 0 radical (unpaired) electrons. The zero-order valence-electron chi connectivity index (χ0n) is 18.6. The van der Waals surface area contributed by atoms with Gasteiger partial charge in [0.05, 0.1) is 12.1 Å². The smallest absolute Gasteiger partial charge is 0.321 e. The molecular formula is C25H28N4O3. The van der Waals surface area contributed by atoms with Crippen molar-refractivity contribution in [3.63, 3.8) is 0 Å². The van der Waals surface area contributed by atoms with Gasteiger partial charge < -0.3 is 14.4 Å². The minimum Gasteiger partial charge on any atom is -0.491 e. The lowest BCUT2D eigenvalue weighted by atomic mass is 10.0. The third kappa shape index (κ3) is 5.23. The largest absolute Gasteiger partial charge is 0.491 e. The SMILES string of the molecule is CC(C)Oc1ccc([C@@H]2CN(C(=O)c3cccc(Oc4ncccn4)c3)CCN2C)cc1. The molecule has 2 heterocycles. The van der Waals surface area contributed by atoms with Crippen LogP contribution in [0.3, 0.4) is 0 Å². The first-order chi connectivity index (χ1) is 15.5. The van der Waals surface area contributed by atoms with Crippen LogP contribution in [-0.2, 0) is 0 Å². The highest BCUT2D eigenvalue weighted by molar-refractivity contribution is 5.94. The molecule has 1 aromatic heterocycles. The zero-order valence-corrected chi connectivity index (χ0v) is 18.6. The van der Waals surface area contributed by atoms with E-state index in [2.05, 4.69) is 34.0 Å². The van der Waals surface area contributed by atoms with E-state index >= 15 is 0 Å². The minimum atomic E-state index is -0.0118. The van der Waals surface area contributed by atoms with Crippen molar-refractivity contribution >= 4 is 5.91 Å². The summed E-state index contributed by atoms with van der Waals surface area (Å²) in [4.78, 5) is 25.6. The summed E-state index contributed by atoms with van der Waals surface area (Å²) in [5.74, 6) is 1.38. The first-order valence-corrected chi connectivity index (χ1v) is 10.8. The number of rotatable bonds is 6. The summed E-state index contributed by atoms with van der Waals surface area (Å²) >= 11 is 0. The molecule has 0 N–H and O–H groups in total. The summed E-state index contributed by atoms with van der Waals surface area (Å²) in [7, 11) is 2.10. The van der Waals surface area contributed by atoms with Gasteiger partial charge in [0.15, 0.2) is 0 Å². The molecular weight excluding hydrogens is 404 g/mol. The molecule has 1 fully saturated rings. The van der Waals surface area contributed by atoms with Gasteiger partial charge in [-0.05, 0) is 62.9 Å². The lowest BCUT2D eigenvalue weighted by Crippen LogP contribution is -2.49. The number of amides is 1. The van der Waals surface area contributed by atoms with Gasteiger partial charge in [-0.2, -0.15) is 0 Å². The Hall–Kier alpha value is -3.45. The molecule has 1 aliphatic rings. The third-order valence-electron chi connectivity index (χ3n) is 5.40. The van der Waals surface area contributed by atoms with E-state index in [1.165, 1.54) is 5.56 Å². The van der Waals surface area contributed by atoms with E-state index in [1.54, 1.807) is 30.6 Å². The summed E-state index contributed by atoms with van der Waals surface area (Å²) in [5.41, 5.74) is 1.75. The normalized spacial score (nSPS) is 16.8. The molecule has 166 valence electrons. The number of carbonyl (C=O) groups excluding carboxylic acids is 1. The zero-order chi connectivity index (χ0) is 22.5. The van der Waals surface area contributed by atoms with Crippen LogP contribution in [0.4, 0.5) is 0 Å². The highest BCUT2D eigenvalue weighted by atomic mass is 16.5. The van der Waals surface area contributed by atoms with Crippen molar-refractivity contribution in [2.75, 3.05) is 26.7 Å². The molecule has 1 saturated heterocycles. The van der Waals surface area contributed by atoms with E-state index in [4.69, 9.17) is 9.47 Å². The predicted molar refractivity (Wildman–Crippen MR) is 122 cm³/mol. The van der Waals surface area contributed by atoms with Crippen molar-refractivity contribution in [1.29, 1.82) is 0 Å². The second kappa shape index (κ2) is 9.78. The van der Waals surface area contributed by atoms with E-state index in [-0.39, 0.29) is 24.1 Å². The van der Waals surface area contributed by atoms with Crippen molar-refractivity contribution in [2.45, 2.75) is 26.0 Å². The number of nitrogens with zero attached hydrogens (tertiary/aromatic N) is 4. The summed E-state index contributed by atoms with van der Waals surface area (Å²) in [6.45, 7) is 6.12. The fourth-order valence-electron chi connectivity index (χ4n) is 3.78. The Kier molecular flexibility index (Phi) is 6.66. The van der Waals surface area contributed by atoms with Crippen LogP contribution >= 0.6 is 0 Å². The van der Waals surface area contributed by atoms with Crippen LogP contribution in [0, 0.1) is 0 Å². The maximum atomic E-state index is 13.3. The number of likely N-dealkylation sites (N-methyl/N-ethyl adjacent to an activating group) is 1. The fourth-order valence-corrected chi connectivity index (χ4v) is 3.78. The van der Waals surface area contributed by atoms with E-state index in [1.807, 2.05) is 43.0 Å². The molecule has 0 spiro atoms. The number of aromatic nitrogens is 2. The van der Waals surface area contributed by atoms with Gasteiger partial charge >= 0.3 is 6.01 Å². The Balaban J connectivity index is 1.47. The topological polar surface area (TPSA) is 67.8 Å². The van der Waals surface area contributed by atoms with Crippen molar-refractivity contribution in [3.8, 4) is 17.5 Å². The molecule has 2 aromatic carbocycles. The molecule has 1 amide bonds. The van der Waals surface area contributed by atoms with Crippen molar-refractivity contribution < 1.29 is 14.3 Å². The molecule has 3 aromatic rings. The van der Waals surface area contributed by atoms with E-state index in [0.717, 1.165) is 12.3 Å². The molecule has 0 aliphatic carbocycles. The Bertz CT molecular complexity index is 1040. The Morgan fingerprint density at radius 1 is 1.00 bits per heavy atom. The molecule has 4 rings (SSSR count). The Morgan fingerprint density at radius 3 is 2.47 bits per heavy atom. The predicted octanol–water partition coefficient (Wildman–Crippen LogP) is 4.19. The average Bonchev–Trinajstić information content (AvgIpc) is 2.80. The van der Waals surface area contributed by atoms with Gasteiger partial charge in [-0.1, -0.05) is 18.2 Å². The van der Waals surface area contributed by atoms with Gasteiger partial charge in [-0.3, -0.25) is 9.69 Å². The summed E-state index contributed by atoms with van der Waals surface area (Å²) in [6, 6.07) is 17.4. The van der Waals surface area contributed by atoms with E-state index < -0.39 is 0 Å². The van der Waals surface area contributed by atoms with Gasteiger partial charge in [0.25, 0.3) is 5.91 Å². The number of ether oxygens (including phenoxy) is 2. The van der Waals surface area contributed by atoms with E-state index in [0.29, 0.717) is 24.4 Å². The molecule has 7 nitrogen and oxygen atoms in total. The van der Waals surface area contributed by atoms with Crippen LogP contribution < -0.4 is 9.47 Å². The number of piperazine rings is 1. The van der Waals surface area contributed by atoms with Gasteiger partial charge in [-0.25, -0.2) is 9.97 Å². The number of hydrogen-bond acceptors (Lipinski definition) is 6. The molecule has 0 unspecified atom stereocenters. The van der Waals surface area contributed by atoms with Crippen molar-refractivity contribution in [2.24, 2.45) is 0 Å². The van der Waals surface area contributed by atoms with Crippen LogP contribution in [0.5, 0.6) is 17.5 Å². The number of benzene rings is 2. The lowest BCUT2D eigenvalue weighted by molar-refractivity contribution is 0.0545. The first kappa shape index (κ1) is 21.8. The molecule has 0 saturated carbocycles. The lowest BCUT2D eigenvalue weighted by Gasteiger charge is -2.39. The van der Waals surface area contributed by atoms with Gasteiger partial charge in [0, 0.05) is 37.6 Å². The summed E-state index contributed by atoms with van der Waals surface area (Å²) in [5, 5.41) is 0. The molecule has 7 heteroatoms. The highest BCUT2D eigenvalue weighted by Crippen LogP contribution is 2.27.